The van der Waals surface area contributed by atoms with Crippen molar-refractivity contribution in [3.63, 3.8) is 0 Å². The van der Waals surface area contributed by atoms with Crippen molar-refractivity contribution in [1.29, 1.82) is 0 Å². The van der Waals surface area contributed by atoms with Gasteiger partial charge in [-0.15, -0.1) is 0 Å². The van der Waals surface area contributed by atoms with Gasteiger partial charge in [-0.05, 0) is 82.4 Å². The smallest absolute Gasteiger partial charge is 0.119 e. The molecule has 0 radical (unpaired) electrons. The molecule has 0 aliphatic carbocycles. The average molecular weight is 512 g/mol. The van der Waals surface area contributed by atoms with Gasteiger partial charge in [0.1, 0.15) is 5.75 Å². The molecule has 0 aliphatic heterocycles. The van der Waals surface area contributed by atoms with Crippen LogP contribution in [0.2, 0.25) is 0 Å². The second kappa shape index (κ2) is 14.2. The van der Waals surface area contributed by atoms with E-state index in [4.69, 9.17) is 9.72 Å². The SMILES string of the molecule is CCN(CC)CCCNc1ccc(N([O-])O)c2nc3ccc(OC)cc3c(NCCCN(CC)CC)c12. The van der Waals surface area contributed by atoms with E-state index in [0.717, 1.165) is 98.6 Å². The van der Waals surface area contributed by atoms with Crippen LogP contribution in [0, 0.1) is 5.21 Å². The van der Waals surface area contributed by atoms with E-state index in [1.165, 1.54) is 0 Å². The first kappa shape index (κ1) is 28.7. The summed E-state index contributed by atoms with van der Waals surface area (Å²) < 4.78 is 5.51. The van der Waals surface area contributed by atoms with Gasteiger partial charge in [-0.1, -0.05) is 27.7 Å². The predicted molar refractivity (Wildman–Crippen MR) is 155 cm³/mol. The lowest BCUT2D eigenvalue weighted by Gasteiger charge is -2.26. The van der Waals surface area contributed by atoms with Crippen molar-refractivity contribution in [3.8, 4) is 5.75 Å². The molecular weight excluding hydrogens is 468 g/mol. The van der Waals surface area contributed by atoms with Crippen LogP contribution in [0.3, 0.4) is 0 Å². The zero-order valence-corrected chi connectivity index (χ0v) is 23.0. The number of methoxy groups -OCH3 is 1. The summed E-state index contributed by atoms with van der Waals surface area (Å²) in [7, 11) is 1.65. The number of nitrogens with zero attached hydrogens (tertiary/aromatic N) is 4. The fraction of sp³-hybridized carbons (Fsp3) is 0.536. The molecule has 0 saturated carbocycles. The van der Waals surface area contributed by atoms with Gasteiger partial charge in [-0.2, -0.15) is 0 Å². The van der Waals surface area contributed by atoms with Crippen LogP contribution in [-0.2, 0) is 0 Å². The lowest BCUT2D eigenvalue weighted by Crippen LogP contribution is -2.25. The third-order valence-corrected chi connectivity index (χ3v) is 7.03. The van der Waals surface area contributed by atoms with E-state index in [0.29, 0.717) is 5.52 Å². The molecule has 2 aromatic carbocycles. The van der Waals surface area contributed by atoms with Crippen LogP contribution in [0.5, 0.6) is 5.75 Å². The molecule has 0 atom stereocenters. The van der Waals surface area contributed by atoms with Crippen molar-refractivity contribution >= 4 is 38.9 Å². The molecule has 1 aromatic heterocycles. The van der Waals surface area contributed by atoms with Crippen LogP contribution in [0.25, 0.3) is 21.8 Å². The summed E-state index contributed by atoms with van der Waals surface area (Å²) in [5.41, 5.74) is 3.06. The van der Waals surface area contributed by atoms with E-state index < -0.39 is 0 Å². The van der Waals surface area contributed by atoms with Gasteiger partial charge in [-0.25, -0.2) is 4.98 Å². The number of pyridine rings is 1. The maximum absolute atomic E-state index is 12.1. The Morgan fingerprint density at radius 2 is 1.51 bits per heavy atom. The molecule has 0 aliphatic rings. The minimum Gasteiger partial charge on any atom is -0.733 e. The predicted octanol–water partition coefficient (Wildman–Crippen LogP) is 5.38. The Kier molecular flexibility index (Phi) is 11.0. The molecule has 0 unspecified atom stereocenters. The number of nitrogens with one attached hydrogen (secondary N) is 2. The van der Waals surface area contributed by atoms with E-state index in [1.54, 1.807) is 13.2 Å². The Morgan fingerprint density at radius 1 is 0.892 bits per heavy atom. The topological polar surface area (TPSA) is 99.2 Å². The lowest BCUT2D eigenvalue weighted by molar-refractivity contribution is 0.297. The van der Waals surface area contributed by atoms with Crippen LogP contribution in [0.15, 0.2) is 30.3 Å². The van der Waals surface area contributed by atoms with Crippen molar-refractivity contribution < 1.29 is 9.94 Å². The van der Waals surface area contributed by atoms with Crippen molar-refractivity contribution in [1.82, 2.24) is 14.8 Å². The van der Waals surface area contributed by atoms with Gasteiger partial charge in [0, 0.05) is 29.5 Å². The number of hydrogen-bond donors (Lipinski definition) is 3. The van der Waals surface area contributed by atoms with Gasteiger partial charge >= 0.3 is 0 Å². The molecule has 9 heteroatoms. The summed E-state index contributed by atoms with van der Waals surface area (Å²) in [4.78, 5) is 9.60. The van der Waals surface area contributed by atoms with E-state index in [1.807, 2.05) is 24.3 Å². The molecule has 0 spiro atoms. The zero-order chi connectivity index (χ0) is 26.8. The van der Waals surface area contributed by atoms with Crippen LogP contribution < -0.4 is 20.6 Å². The molecule has 0 saturated heterocycles. The number of benzene rings is 2. The van der Waals surface area contributed by atoms with Crippen LogP contribution in [0.4, 0.5) is 17.1 Å². The number of hydrogen-bond acceptors (Lipinski definition) is 9. The number of fused-ring (bicyclic) bond motifs is 2. The van der Waals surface area contributed by atoms with Crippen molar-refractivity contribution in [2.24, 2.45) is 0 Å². The fourth-order valence-corrected chi connectivity index (χ4v) is 4.75. The van der Waals surface area contributed by atoms with Gasteiger partial charge in [0.15, 0.2) is 0 Å². The molecule has 3 rings (SSSR count). The minimum atomic E-state index is -0.0982. The lowest BCUT2D eigenvalue weighted by atomic mass is 10.0. The number of anilines is 3. The maximum Gasteiger partial charge on any atom is 0.119 e. The molecular formula is C28H43N6O3-. The molecule has 0 amide bonds. The van der Waals surface area contributed by atoms with Crippen LogP contribution in [-0.4, -0.2) is 79.5 Å². The second-order valence-electron chi connectivity index (χ2n) is 9.11. The highest BCUT2D eigenvalue weighted by Crippen LogP contribution is 2.40. The average Bonchev–Trinajstić information content (AvgIpc) is 2.92. The summed E-state index contributed by atoms with van der Waals surface area (Å²) in [6.45, 7) is 16.4. The molecule has 0 fully saturated rings. The summed E-state index contributed by atoms with van der Waals surface area (Å²) in [5, 5.41) is 30.8. The standard InChI is InChI=1S/C28H43N6O3/c1-6-32(7-2)18-10-16-29-24-14-15-25(34(35)36)28-26(24)27(30-17-11-19-33(8-3)9-4)22-20-21(37-5)12-13-23(22)31-28/h12-15,20,29,35H,6-11,16-19H2,1-5H3,(H,30,31)/q-1. The molecule has 204 valence electrons. The highest BCUT2D eigenvalue weighted by atomic mass is 16.8. The first-order valence-electron chi connectivity index (χ1n) is 13.5. The third kappa shape index (κ3) is 7.13. The molecule has 0 bridgehead atoms. The Hall–Kier alpha value is -2.85. The summed E-state index contributed by atoms with van der Waals surface area (Å²) in [6.07, 6.45) is 1.96. The summed E-state index contributed by atoms with van der Waals surface area (Å²) >= 11 is 0. The highest BCUT2D eigenvalue weighted by molar-refractivity contribution is 6.15. The first-order chi connectivity index (χ1) is 18.0. The highest BCUT2D eigenvalue weighted by Gasteiger charge is 2.17. The number of aromatic nitrogens is 1. The third-order valence-electron chi connectivity index (χ3n) is 7.03. The Labute approximate surface area is 220 Å². The summed E-state index contributed by atoms with van der Waals surface area (Å²) in [6, 6.07) is 9.18. The fourth-order valence-electron chi connectivity index (χ4n) is 4.75. The molecule has 37 heavy (non-hydrogen) atoms. The number of ether oxygens (including phenoxy) is 1. The van der Waals surface area contributed by atoms with Gasteiger partial charge in [0.05, 0.1) is 29.5 Å². The molecule has 3 N–H and O–H groups in total. The molecule has 9 nitrogen and oxygen atoms in total. The van der Waals surface area contributed by atoms with Crippen molar-refractivity contribution in [3.05, 3.63) is 35.5 Å². The monoisotopic (exact) mass is 511 g/mol. The number of rotatable bonds is 16. The first-order valence-corrected chi connectivity index (χ1v) is 13.5. The minimum absolute atomic E-state index is 0.0982. The molecule has 1 heterocycles. The Bertz CT molecular complexity index is 1130. The van der Waals surface area contributed by atoms with Crippen molar-refractivity contribution in [2.45, 2.75) is 40.5 Å². The van der Waals surface area contributed by atoms with Crippen LogP contribution in [0.1, 0.15) is 40.5 Å². The van der Waals surface area contributed by atoms with Gasteiger partial charge < -0.3 is 35.6 Å². The van der Waals surface area contributed by atoms with Crippen molar-refractivity contribution in [2.75, 3.05) is 75.3 Å². The van der Waals surface area contributed by atoms with E-state index in [9.17, 15) is 10.4 Å². The normalized spacial score (nSPS) is 11.6. The summed E-state index contributed by atoms with van der Waals surface area (Å²) in [5.74, 6) is 0.734. The van der Waals surface area contributed by atoms with Gasteiger partial charge in [0.2, 0.25) is 0 Å². The van der Waals surface area contributed by atoms with E-state index >= 15 is 0 Å². The Balaban J connectivity index is 2.04. The van der Waals surface area contributed by atoms with Crippen LogP contribution >= 0.6 is 0 Å². The zero-order valence-electron chi connectivity index (χ0n) is 23.0. The Morgan fingerprint density at radius 3 is 2.08 bits per heavy atom. The quantitative estimate of drug-likeness (QED) is 0.133. The maximum atomic E-state index is 12.1. The second-order valence-corrected chi connectivity index (χ2v) is 9.11. The van der Waals surface area contributed by atoms with Gasteiger partial charge in [0.25, 0.3) is 0 Å². The largest absolute Gasteiger partial charge is 0.733 e. The van der Waals surface area contributed by atoms with E-state index in [-0.39, 0.29) is 10.9 Å². The van der Waals surface area contributed by atoms with Gasteiger partial charge in [-0.3, -0.25) is 5.21 Å². The van der Waals surface area contributed by atoms with E-state index in [2.05, 4.69) is 48.1 Å². The molecule has 3 aromatic rings.